The lowest BCUT2D eigenvalue weighted by Gasteiger charge is -2.17. The fourth-order valence-corrected chi connectivity index (χ4v) is 1.45. The highest BCUT2D eigenvalue weighted by molar-refractivity contribution is 5.97. The van der Waals surface area contributed by atoms with Crippen LogP contribution in [0, 0.1) is 0 Å². The molecule has 0 aliphatic heterocycles. The second kappa shape index (κ2) is 6.76. The van der Waals surface area contributed by atoms with Crippen LogP contribution in [0.15, 0.2) is 24.3 Å². The molecular weight excluding hydrogens is 234 g/mol. The predicted octanol–water partition coefficient (Wildman–Crippen LogP) is 1.49. The first kappa shape index (κ1) is 14.2. The second-order valence-corrected chi connectivity index (χ2v) is 3.81. The quantitative estimate of drug-likeness (QED) is 0.778. The van der Waals surface area contributed by atoms with Crippen LogP contribution in [0.2, 0.25) is 0 Å². The maximum Gasteiger partial charge on any atom is 0.335 e. The Morgan fingerprint density at radius 1 is 1.33 bits per heavy atom. The SMILES string of the molecule is CCOCCN(C)C(=O)c1cccc(C(=O)O)c1. The standard InChI is InChI=1S/C13H17NO4/c1-3-18-8-7-14(2)12(15)10-5-4-6-11(9-10)13(16)17/h4-6,9H,3,7-8H2,1-2H3,(H,16,17). The van der Waals surface area contributed by atoms with Crippen molar-refractivity contribution in [1.29, 1.82) is 0 Å². The maximum atomic E-state index is 12.0. The molecule has 0 fully saturated rings. The second-order valence-electron chi connectivity index (χ2n) is 3.81. The number of carboxylic acids is 1. The molecule has 0 heterocycles. The van der Waals surface area contributed by atoms with E-state index in [9.17, 15) is 9.59 Å². The van der Waals surface area contributed by atoms with Gasteiger partial charge in [-0.05, 0) is 25.1 Å². The van der Waals surface area contributed by atoms with Crippen molar-refractivity contribution in [3.8, 4) is 0 Å². The van der Waals surface area contributed by atoms with Crippen molar-refractivity contribution in [1.82, 2.24) is 4.90 Å². The molecule has 0 saturated heterocycles. The number of hydrogen-bond donors (Lipinski definition) is 1. The molecule has 0 aromatic heterocycles. The molecule has 0 aliphatic carbocycles. The predicted molar refractivity (Wildman–Crippen MR) is 66.9 cm³/mol. The first-order valence-corrected chi connectivity index (χ1v) is 5.72. The van der Waals surface area contributed by atoms with Gasteiger partial charge in [0.15, 0.2) is 0 Å². The number of carboxylic acid groups (broad SMARTS) is 1. The van der Waals surface area contributed by atoms with Crippen molar-refractivity contribution in [2.24, 2.45) is 0 Å². The van der Waals surface area contributed by atoms with Crippen molar-refractivity contribution >= 4 is 11.9 Å². The fraction of sp³-hybridized carbons (Fsp3) is 0.385. The lowest BCUT2D eigenvalue weighted by Crippen LogP contribution is -2.30. The van der Waals surface area contributed by atoms with Gasteiger partial charge >= 0.3 is 5.97 Å². The van der Waals surface area contributed by atoms with E-state index >= 15 is 0 Å². The van der Waals surface area contributed by atoms with Gasteiger partial charge in [0.1, 0.15) is 0 Å². The van der Waals surface area contributed by atoms with Crippen molar-refractivity contribution < 1.29 is 19.4 Å². The van der Waals surface area contributed by atoms with Crippen LogP contribution in [0.25, 0.3) is 0 Å². The molecule has 0 unspecified atom stereocenters. The summed E-state index contributed by atoms with van der Waals surface area (Å²) in [7, 11) is 1.66. The highest BCUT2D eigenvalue weighted by Crippen LogP contribution is 2.08. The van der Waals surface area contributed by atoms with E-state index in [4.69, 9.17) is 9.84 Å². The number of ether oxygens (including phenoxy) is 1. The summed E-state index contributed by atoms with van der Waals surface area (Å²) in [5, 5.41) is 8.86. The van der Waals surface area contributed by atoms with Crippen LogP contribution >= 0.6 is 0 Å². The molecule has 1 N–H and O–H groups in total. The molecule has 1 rings (SSSR count). The number of benzene rings is 1. The van der Waals surface area contributed by atoms with E-state index in [-0.39, 0.29) is 11.5 Å². The molecule has 0 atom stereocenters. The van der Waals surface area contributed by atoms with Crippen LogP contribution in [0.3, 0.4) is 0 Å². The molecule has 18 heavy (non-hydrogen) atoms. The van der Waals surface area contributed by atoms with Gasteiger partial charge < -0.3 is 14.7 Å². The minimum atomic E-state index is -1.04. The van der Waals surface area contributed by atoms with Crippen LogP contribution in [0.4, 0.5) is 0 Å². The van der Waals surface area contributed by atoms with Crippen molar-refractivity contribution in [3.63, 3.8) is 0 Å². The summed E-state index contributed by atoms with van der Waals surface area (Å²) in [4.78, 5) is 24.3. The van der Waals surface area contributed by atoms with Crippen molar-refractivity contribution in [2.75, 3.05) is 26.8 Å². The summed E-state index contributed by atoms with van der Waals surface area (Å²) in [6.45, 7) is 3.44. The van der Waals surface area contributed by atoms with E-state index in [1.165, 1.54) is 17.0 Å². The molecular formula is C13H17NO4. The Balaban J connectivity index is 2.71. The van der Waals surface area contributed by atoms with Gasteiger partial charge in [-0.15, -0.1) is 0 Å². The third-order valence-corrected chi connectivity index (χ3v) is 2.48. The molecule has 1 aromatic rings. The number of carbonyl (C=O) groups excluding carboxylic acids is 1. The molecule has 98 valence electrons. The lowest BCUT2D eigenvalue weighted by molar-refractivity contribution is 0.0696. The Morgan fingerprint density at radius 3 is 2.61 bits per heavy atom. The Labute approximate surface area is 106 Å². The molecule has 0 spiro atoms. The molecule has 0 radical (unpaired) electrons. The highest BCUT2D eigenvalue weighted by Gasteiger charge is 2.13. The van der Waals surface area contributed by atoms with E-state index in [1.807, 2.05) is 6.92 Å². The molecule has 0 aliphatic rings. The molecule has 5 nitrogen and oxygen atoms in total. The average molecular weight is 251 g/mol. The van der Waals surface area contributed by atoms with Crippen molar-refractivity contribution in [2.45, 2.75) is 6.92 Å². The van der Waals surface area contributed by atoms with Gasteiger partial charge in [0, 0.05) is 25.8 Å². The first-order chi connectivity index (χ1) is 8.56. The van der Waals surface area contributed by atoms with Gasteiger partial charge in [-0.25, -0.2) is 4.79 Å². The van der Waals surface area contributed by atoms with Gasteiger partial charge in [0.05, 0.1) is 12.2 Å². The number of aromatic carboxylic acids is 1. The zero-order valence-electron chi connectivity index (χ0n) is 10.5. The zero-order chi connectivity index (χ0) is 13.5. The number of amides is 1. The molecule has 0 saturated carbocycles. The summed E-state index contributed by atoms with van der Waals surface area (Å²) in [5.41, 5.74) is 0.480. The Kier molecular flexibility index (Phi) is 5.32. The fourth-order valence-electron chi connectivity index (χ4n) is 1.45. The van der Waals surface area contributed by atoms with Crippen LogP contribution in [-0.4, -0.2) is 48.7 Å². The summed E-state index contributed by atoms with van der Waals surface area (Å²) >= 11 is 0. The number of rotatable bonds is 6. The monoisotopic (exact) mass is 251 g/mol. The van der Waals surface area contributed by atoms with Gasteiger partial charge in [-0.3, -0.25) is 4.79 Å². The largest absolute Gasteiger partial charge is 0.478 e. The molecule has 1 amide bonds. The number of likely N-dealkylation sites (N-methyl/N-ethyl adjacent to an activating group) is 1. The number of nitrogens with zero attached hydrogens (tertiary/aromatic N) is 1. The Bertz CT molecular complexity index is 431. The van der Waals surface area contributed by atoms with E-state index in [0.717, 1.165) is 0 Å². The lowest BCUT2D eigenvalue weighted by atomic mass is 10.1. The third kappa shape index (κ3) is 3.85. The number of hydrogen-bond acceptors (Lipinski definition) is 3. The topological polar surface area (TPSA) is 66.8 Å². The Hall–Kier alpha value is -1.88. The van der Waals surface area contributed by atoms with Crippen molar-refractivity contribution in [3.05, 3.63) is 35.4 Å². The van der Waals surface area contributed by atoms with E-state index in [2.05, 4.69) is 0 Å². The van der Waals surface area contributed by atoms with Gasteiger partial charge in [-0.2, -0.15) is 0 Å². The Morgan fingerprint density at radius 2 is 2.00 bits per heavy atom. The third-order valence-electron chi connectivity index (χ3n) is 2.48. The van der Waals surface area contributed by atoms with E-state index < -0.39 is 5.97 Å². The van der Waals surface area contributed by atoms with E-state index in [1.54, 1.807) is 19.2 Å². The summed E-state index contributed by atoms with van der Waals surface area (Å²) < 4.78 is 5.16. The van der Waals surface area contributed by atoms with Gasteiger partial charge in [0.2, 0.25) is 0 Å². The van der Waals surface area contributed by atoms with Crippen LogP contribution in [-0.2, 0) is 4.74 Å². The summed E-state index contributed by atoms with van der Waals surface area (Å²) in [6, 6.07) is 6.00. The van der Waals surface area contributed by atoms with E-state index in [0.29, 0.717) is 25.3 Å². The maximum absolute atomic E-state index is 12.0. The highest BCUT2D eigenvalue weighted by atomic mass is 16.5. The smallest absolute Gasteiger partial charge is 0.335 e. The molecule has 5 heteroatoms. The average Bonchev–Trinajstić information content (AvgIpc) is 2.38. The first-order valence-electron chi connectivity index (χ1n) is 5.72. The van der Waals surface area contributed by atoms with Gasteiger partial charge in [0.25, 0.3) is 5.91 Å². The van der Waals surface area contributed by atoms with Gasteiger partial charge in [-0.1, -0.05) is 6.07 Å². The van der Waals surface area contributed by atoms with Crippen LogP contribution in [0.5, 0.6) is 0 Å². The zero-order valence-corrected chi connectivity index (χ0v) is 10.5. The summed E-state index contributed by atoms with van der Waals surface area (Å²) in [6.07, 6.45) is 0. The number of carbonyl (C=O) groups is 2. The molecule has 1 aromatic carbocycles. The normalized spacial score (nSPS) is 10.1. The minimum Gasteiger partial charge on any atom is -0.478 e. The summed E-state index contributed by atoms with van der Waals surface area (Å²) in [5.74, 6) is -1.25. The molecule has 0 bridgehead atoms. The van der Waals surface area contributed by atoms with Crippen LogP contribution in [0.1, 0.15) is 27.6 Å². The van der Waals surface area contributed by atoms with Crippen LogP contribution < -0.4 is 0 Å². The minimum absolute atomic E-state index is 0.110.